The van der Waals surface area contributed by atoms with Crippen LogP contribution >= 0.6 is 11.3 Å². The number of allylic oxidation sites excluding steroid dienone is 1. The fraction of sp³-hybridized carbons (Fsp3) is 0.269. The van der Waals surface area contributed by atoms with Crippen LogP contribution in [0.5, 0.6) is 17.2 Å². The highest BCUT2D eigenvalue weighted by molar-refractivity contribution is 7.07. The summed E-state index contributed by atoms with van der Waals surface area (Å²) >= 11 is 1.25. The van der Waals surface area contributed by atoms with E-state index in [1.54, 1.807) is 70.1 Å². The maximum absolute atomic E-state index is 13.7. The van der Waals surface area contributed by atoms with E-state index in [9.17, 15) is 9.59 Å². The first-order chi connectivity index (χ1) is 16.9. The Hall–Kier alpha value is -3.85. The number of rotatable bonds is 7. The zero-order chi connectivity index (χ0) is 25.1. The van der Waals surface area contributed by atoms with Gasteiger partial charge in [-0.15, -0.1) is 0 Å². The number of ether oxygens (including phenoxy) is 4. The van der Waals surface area contributed by atoms with Crippen LogP contribution in [-0.2, 0) is 9.53 Å². The molecular weight excluding hydrogens is 468 g/mol. The number of hydrogen-bond acceptors (Lipinski definition) is 8. The van der Waals surface area contributed by atoms with Gasteiger partial charge in [0.15, 0.2) is 4.80 Å². The molecule has 1 aromatic heterocycles. The van der Waals surface area contributed by atoms with E-state index in [-0.39, 0.29) is 12.2 Å². The van der Waals surface area contributed by atoms with Crippen molar-refractivity contribution in [3.8, 4) is 17.2 Å². The molecule has 1 aliphatic rings. The molecule has 9 heteroatoms. The topological polar surface area (TPSA) is 88.4 Å². The molecule has 1 unspecified atom stereocenters. The molecule has 0 radical (unpaired) electrons. The van der Waals surface area contributed by atoms with Crippen LogP contribution < -0.4 is 29.1 Å². The number of hydrogen-bond donors (Lipinski definition) is 0. The van der Waals surface area contributed by atoms with E-state index in [2.05, 4.69) is 4.99 Å². The molecule has 0 aliphatic carbocycles. The number of methoxy groups -OCH3 is 3. The van der Waals surface area contributed by atoms with Crippen molar-refractivity contribution < 1.29 is 23.7 Å². The number of benzene rings is 2. The van der Waals surface area contributed by atoms with Crippen LogP contribution in [-0.4, -0.2) is 38.5 Å². The Balaban J connectivity index is 1.93. The summed E-state index contributed by atoms with van der Waals surface area (Å²) in [5.74, 6) is 1.40. The van der Waals surface area contributed by atoms with Crippen LogP contribution in [0, 0.1) is 0 Å². The quantitative estimate of drug-likeness (QED) is 0.470. The molecule has 0 spiro atoms. The molecule has 0 saturated carbocycles. The van der Waals surface area contributed by atoms with Crippen molar-refractivity contribution in [1.82, 2.24) is 4.57 Å². The van der Waals surface area contributed by atoms with Crippen molar-refractivity contribution in [3.63, 3.8) is 0 Å². The molecule has 0 fully saturated rings. The zero-order valence-corrected chi connectivity index (χ0v) is 21.0. The molecule has 0 bridgehead atoms. The second kappa shape index (κ2) is 10.2. The van der Waals surface area contributed by atoms with Gasteiger partial charge >= 0.3 is 5.97 Å². The molecule has 0 N–H and O–H groups in total. The van der Waals surface area contributed by atoms with Crippen molar-refractivity contribution in [1.29, 1.82) is 0 Å². The summed E-state index contributed by atoms with van der Waals surface area (Å²) in [6, 6.07) is 12.0. The van der Waals surface area contributed by atoms with Crippen LogP contribution in [0.4, 0.5) is 0 Å². The van der Waals surface area contributed by atoms with Crippen molar-refractivity contribution in [2.75, 3.05) is 27.9 Å². The second-order valence-electron chi connectivity index (χ2n) is 7.68. The van der Waals surface area contributed by atoms with Gasteiger partial charge in [0.1, 0.15) is 17.2 Å². The molecule has 2 heterocycles. The number of aromatic nitrogens is 1. The summed E-state index contributed by atoms with van der Waals surface area (Å²) in [7, 11) is 4.72. The van der Waals surface area contributed by atoms with Gasteiger partial charge in [-0.25, -0.2) is 9.79 Å². The third kappa shape index (κ3) is 4.59. The number of thiazole rings is 1. The van der Waals surface area contributed by atoms with Crippen molar-refractivity contribution in [2.24, 2.45) is 4.99 Å². The Morgan fingerprint density at radius 1 is 1.06 bits per heavy atom. The number of esters is 1. The molecule has 3 aromatic rings. The Labute approximate surface area is 206 Å². The van der Waals surface area contributed by atoms with Crippen molar-refractivity contribution in [2.45, 2.75) is 19.9 Å². The Morgan fingerprint density at radius 2 is 1.74 bits per heavy atom. The third-order valence-corrected chi connectivity index (χ3v) is 6.66. The molecule has 35 heavy (non-hydrogen) atoms. The van der Waals surface area contributed by atoms with Gasteiger partial charge in [0.25, 0.3) is 5.56 Å². The Kier molecular flexibility index (Phi) is 7.07. The summed E-state index contributed by atoms with van der Waals surface area (Å²) in [6.07, 6.45) is 1.76. The molecule has 1 aliphatic heterocycles. The van der Waals surface area contributed by atoms with Crippen molar-refractivity contribution in [3.05, 3.63) is 84.5 Å². The summed E-state index contributed by atoms with van der Waals surface area (Å²) in [4.78, 5) is 31.8. The number of fused-ring (bicyclic) bond motifs is 1. The first-order valence-corrected chi connectivity index (χ1v) is 11.8. The van der Waals surface area contributed by atoms with E-state index in [4.69, 9.17) is 18.9 Å². The van der Waals surface area contributed by atoms with Gasteiger partial charge < -0.3 is 18.9 Å². The van der Waals surface area contributed by atoms with Crippen LogP contribution in [0.15, 0.2) is 63.5 Å². The predicted molar refractivity (Wildman–Crippen MR) is 133 cm³/mol. The average molecular weight is 495 g/mol. The van der Waals surface area contributed by atoms with E-state index in [1.807, 2.05) is 18.2 Å². The molecule has 4 rings (SSSR count). The number of nitrogens with zero attached hydrogens (tertiary/aromatic N) is 2. The molecule has 1 atom stereocenters. The smallest absolute Gasteiger partial charge is 0.338 e. The molecule has 0 saturated heterocycles. The van der Waals surface area contributed by atoms with E-state index >= 15 is 0 Å². The lowest BCUT2D eigenvalue weighted by Gasteiger charge is -2.24. The minimum Gasteiger partial charge on any atom is -0.497 e. The molecule has 0 amide bonds. The largest absolute Gasteiger partial charge is 0.497 e. The Bertz CT molecular complexity index is 1470. The van der Waals surface area contributed by atoms with Crippen LogP contribution in [0.25, 0.3) is 6.08 Å². The Morgan fingerprint density at radius 3 is 2.37 bits per heavy atom. The fourth-order valence-corrected chi connectivity index (χ4v) is 5.01. The molecule has 2 aromatic carbocycles. The predicted octanol–water partition coefficient (Wildman–Crippen LogP) is 2.82. The third-order valence-electron chi connectivity index (χ3n) is 5.68. The zero-order valence-electron chi connectivity index (χ0n) is 20.2. The molecule has 8 nitrogen and oxygen atoms in total. The summed E-state index contributed by atoms with van der Waals surface area (Å²) in [6.45, 7) is 3.71. The lowest BCUT2D eigenvalue weighted by molar-refractivity contribution is -0.139. The van der Waals surface area contributed by atoms with Gasteiger partial charge in [-0.05, 0) is 49.8 Å². The highest BCUT2D eigenvalue weighted by Gasteiger charge is 2.33. The van der Waals surface area contributed by atoms with Gasteiger partial charge in [-0.1, -0.05) is 23.5 Å². The maximum Gasteiger partial charge on any atom is 0.338 e. The lowest BCUT2D eigenvalue weighted by Crippen LogP contribution is -2.39. The second-order valence-corrected chi connectivity index (χ2v) is 8.69. The van der Waals surface area contributed by atoms with Gasteiger partial charge in [0.2, 0.25) is 0 Å². The summed E-state index contributed by atoms with van der Waals surface area (Å²) in [5.41, 5.74) is 2.05. The first kappa shape index (κ1) is 24.3. The van der Waals surface area contributed by atoms with Gasteiger partial charge in [-0.3, -0.25) is 9.36 Å². The standard InChI is InChI=1S/C26H26N2O6S/c1-6-34-25(30)22-15(2)27-26-28(23(22)16-7-10-18(31-3)11-8-16)24(29)21(35-26)13-17-9-12-19(32-4)14-20(17)33-5/h7-14,23H,6H2,1-5H3/b21-13+. The maximum atomic E-state index is 13.7. The summed E-state index contributed by atoms with van der Waals surface area (Å²) < 4.78 is 23.4. The minimum atomic E-state index is -0.684. The van der Waals surface area contributed by atoms with E-state index in [0.29, 0.717) is 37.9 Å². The molecule has 182 valence electrons. The van der Waals surface area contributed by atoms with Crippen LogP contribution in [0.2, 0.25) is 0 Å². The lowest BCUT2D eigenvalue weighted by atomic mass is 9.96. The van der Waals surface area contributed by atoms with Gasteiger partial charge in [-0.2, -0.15) is 0 Å². The highest BCUT2D eigenvalue weighted by Crippen LogP contribution is 2.31. The summed E-state index contributed by atoms with van der Waals surface area (Å²) in [5, 5.41) is 0. The van der Waals surface area contributed by atoms with E-state index < -0.39 is 12.0 Å². The minimum absolute atomic E-state index is 0.215. The average Bonchev–Trinajstić information content (AvgIpc) is 3.17. The van der Waals surface area contributed by atoms with Crippen molar-refractivity contribution >= 4 is 23.4 Å². The van der Waals surface area contributed by atoms with Crippen LogP contribution in [0.1, 0.15) is 31.0 Å². The highest BCUT2D eigenvalue weighted by atomic mass is 32.1. The van der Waals surface area contributed by atoms with E-state index in [1.165, 1.54) is 11.3 Å². The SMILES string of the molecule is CCOC(=O)C1=C(C)N=c2s/c(=C/c3ccc(OC)cc3OC)c(=O)n2C1c1ccc(OC)cc1. The van der Waals surface area contributed by atoms with Gasteiger partial charge in [0.05, 0.1) is 49.8 Å². The number of carbonyl (C=O) groups excluding carboxylic acids is 1. The fourth-order valence-electron chi connectivity index (χ4n) is 3.97. The van der Waals surface area contributed by atoms with Gasteiger partial charge in [0, 0.05) is 11.6 Å². The number of carbonyl (C=O) groups is 1. The monoisotopic (exact) mass is 494 g/mol. The molecular formula is C26H26N2O6S. The van der Waals surface area contributed by atoms with E-state index in [0.717, 1.165) is 11.1 Å². The normalized spacial score (nSPS) is 15.3. The van der Waals surface area contributed by atoms with Crippen LogP contribution in [0.3, 0.4) is 0 Å². The first-order valence-electron chi connectivity index (χ1n) is 11.0.